The van der Waals surface area contributed by atoms with Crippen LogP contribution in [-0.2, 0) is 13.5 Å². The summed E-state index contributed by atoms with van der Waals surface area (Å²) in [4.78, 5) is 4.75. The summed E-state index contributed by atoms with van der Waals surface area (Å²) < 4.78 is 2.07. The van der Waals surface area contributed by atoms with Gasteiger partial charge in [0.15, 0.2) is 0 Å². The van der Waals surface area contributed by atoms with Crippen LogP contribution in [0.25, 0.3) is 10.9 Å². The zero-order chi connectivity index (χ0) is 18.4. The maximum atomic E-state index is 4.84. The smallest absolute Gasteiger partial charge is 0.0736 e. The molecule has 0 amide bonds. The van der Waals surface area contributed by atoms with Gasteiger partial charge in [-0.25, -0.2) is 0 Å². The van der Waals surface area contributed by atoms with Crippen molar-refractivity contribution in [2.45, 2.75) is 64.7 Å². The number of pyridine rings is 1. The molecule has 3 nitrogen and oxygen atoms in total. The van der Waals surface area contributed by atoms with E-state index >= 15 is 0 Å². The molecular formula is C23H29N3. The average molecular weight is 348 g/mol. The first-order chi connectivity index (χ1) is 12.5. The van der Waals surface area contributed by atoms with Crippen molar-refractivity contribution >= 4 is 10.9 Å². The molecule has 1 aromatic carbocycles. The summed E-state index contributed by atoms with van der Waals surface area (Å²) in [5.41, 5.74) is 8.03. The molecular weight excluding hydrogens is 318 g/mol. The second kappa shape index (κ2) is 6.53. The Kier molecular flexibility index (Phi) is 4.34. The van der Waals surface area contributed by atoms with Gasteiger partial charge in [0.25, 0.3) is 0 Å². The lowest BCUT2D eigenvalue weighted by atomic mass is 9.89. The Bertz CT molecular complexity index is 947. The molecule has 1 fully saturated rings. The quantitative estimate of drug-likeness (QED) is 0.599. The highest BCUT2D eigenvalue weighted by atomic mass is 15.3. The number of hydrogen-bond acceptors (Lipinski definition) is 2. The van der Waals surface area contributed by atoms with Gasteiger partial charge >= 0.3 is 0 Å². The van der Waals surface area contributed by atoms with E-state index in [9.17, 15) is 0 Å². The van der Waals surface area contributed by atoms with Crippen molar-refractivity contribution in [3.63, 3.8) is 0 Å². The molecule has 136 valence electrons. The van der Waals surface area contributed by atoms with Crippen LogP contribution >= 0.6 is 0 Å². The van der Waals surface area contributed by atoms with Crippen molar-refractivity contribution in [2.24, 2.45) is 7.05 Å². The van der Waals surface area contributed by atoms with Gasteiger partial charge in [0.05, 0.1) is 11.2 Å². The molecule has 1 saturated carbocycles. The van der Waals surface area contributed by atoms with Crippen LogP contribution in [0.4, 0.5) is 0 Å². The van der Waals surface area contributed by atoms with Gasteiger partial charge in [0, 0.05) is 30.2 Å². The third-order valence-corrected chi connectivity index (χ3v) is 5.90. The maximum absolute atomic E-state index is 4.84. The van der Waals surface area contributed by atoms with Gasteiger partial charge in [-0.1, -0.05) is 39.0 Å². The minimum absolute atomic E-state index is 0.453. The lowest BCUT2D eigenvalue weighted by Gasteiger charge is -2.16. The predicted octanol–water partition coefficient (Wildman–Crippen LogP) is 5.62. The monoisotopic (exact) mass is 347 g/mol. The fourth-order valence-corrected chi connectivity index (χ4v) is 4.28. The van der Waals surface area contributed by atoms with Crippen LogP contribution in [0.3, 0.4) is 0 Å². The molecule has 3 aromatic rings. The SMILES string of the molecule is Cc1c(C(C)Cc2cccc3c(C(C)C)ccnc23)c(C2CC2)nn1C. The molecule has 1 aliphatic carbocycles. The number of para-hydroxylation sites is 1. The van der Waals surface area contributed by atoms with Gasteiger partial charge in [-0.2, -0.15) is 5.10 Å². The highest BCUT2D eigenvalue weighted by Gasteiger charge is 2.32. The molecule has 2 heterocycles. The van der Waals surface area contributed by atoms with Gasteiger partial charge < -0.3 is 0 Å². The third kappa shape index (κ3) is 2.94. The number of fused-ring (bicyclic) bond motifs is 1. The third-order valence-electron chi connectivity index (χ3n) is 5.90. The molecule has 0 saturated heterocycles. The molecule has 0 N–H and O–H groups in total. The Morgan fingerprint density at radius 3 is 2.62 bits per heavy atom. The summed E-state index contributed by atoms with van der Waals surface area (Å²) in [7, 11) is 2.08. The Hall–Kier alpha value is -2.16. The summed E-state index contributed by atoms with van der Waals surface area (Å²) in [5.74, 6) is 1.65. The van der Waals surface area contributed by atoms with Crippen molar-refractivity contribution in [3.05, 3.63) is 58.5 Å². The first-order valence-corrected chi connectivity index (χ1v) is 9.87. The van der Waals surface area contributed by atoms with Crippen LogP contribution in [0.1, 0.15) is 79.4 Å². The van der Waals surface area contributed by atoms with Crippen LogP contribution in [0.2, 0.25) is 0 Å². The van der Waals surface area contributed by atoms with Gasteiger partial charge in [-0.15, -0.1) is 0 Å². The fourth-order valence-electron chi connectivity index (χ4n) is 4.28. The largest absolute Gasteiger partial charge is 0.272 e. The van der Waals surface area contributed by atoms with Crippen LogP contribution in [-0.4, -0.2) is 14.8 Å². The lowest BCUT2D eigenvalue weighted by molar-refractivity contribution is 0.717. The molecule has 0 radical (unpaired) electrons. The number of hydrogen-bond donors (Lipinski definition) is 0. The van der Waals surface area contributed by atoms with E-state index in [-0.39, 0.29) is 0 Å². The second-order valence-corrected chi connectivity index (χ2v) is 8.26. The number of benzene rings is 1. The molecule has 0 bridgehead atoms. The highest BCUT2D eigenvalue weighted by molar-refractivity contribution is 5.85. The van der Waals surface area contributed by atoms with Crippen molar-refractivity contribution in [1.29, 1.82) is 0 Å². The van der Waals surface area contributed by atoms with E-state index in [0.717, 1.165) is 6.42 Å². The molecule has 1 unspecified atom stereocenters. The minimum Gasteiger partial charge on any atom is -0.272 e. The summed E-state index contributed by atoms with van der Waals surface area (Å²) in [6.45, 7) is 9.07. The van der Waals surface area contributed by atoms with E-state index < -0.39 is 0 Å². The van der Waals surface area contributed by atoms with Crippen LogP contribution in [0.15, 0.2) is 30.5 Å². The minimum atomic E-state index is 0.453. The van der Waals surface area contributed by atoms with Crippen molar-refractivity contribution < 1.29 is 0 Å². The van der Waals surface area contributed by atoms with Crippen LogP contribution < -0.4 is 0 Å². The molecule has 26 heavy (non-hydrogen) atoms. The zero-order valence-corrected chi connectivity index (χ0v) is 16.6. The summed E-state index contributed by atoms with van der Waals surface area (Å²) in [6.07, 6.45) is 5.57. The summed E-state index contributed by atoms with van der Waals surface area (Å²) in [6, 6.07) is 8.82. The van der Waals surface area contributed by atoms with E-state index in [1.165, 1.54) is 51.8 Å². The van der Waals surface area contributed by atoms with E-state index in [4.69, 9.17) is 10.1 Å². The standard InChI is InChI=1S/C23H29N3/c1-14(2)19-11-12-24-22-18(7-6-8-20(19)22)13-15(3)21-16(4)26(5)25-23(21)17-9-10-17/h6-8,11-12,14-15,17H,9-10,13H2,1-5H3. The summed E-state index contributed by atoms with van der Waals surface area (Å²) >= 11 is 0. The van der Waals surface area contributed by atoms with E-state index in [1.54, 1.807) is 0 Å². The first-order valence-electron chi connectivity index (χ1n) is 9.87. The van der Waals surface area contributed by atoms with Gasteiger partial charge in [-0.05, 0) is 60.8 Å². The predicted molar refractivity (Wildman–Crippen MR) is 108 cm³/mol. The number of aryl methyl sites for hydroxylation is 1. The number of nitrogens with zero attached hydrogens (tertiary/aromatic N) is 3. The molecule has 2 aromatic heterocycles. The second-order valence-electron chi connectivity index (χ2n) is 8.26. The number of aromatic nitrogens is 3. The normalized spacial score (nSPS) is 15.8. The molecule has 3 heteroatoms. The average Bonchev–Trinajstić information content (AvgIpc) is 3.41. The molecule has 0 aliphatic heterocycles. The summed E-state index contributed by atoms with van der Waals surface area (Å²) in [5, 5.41) is 6.14. The highest BCUT2D eigenvalue weighted by Crippen LogP contribution is 2.44. The molecule has 1 atom stereocenters. The van der Waals surface area contributed by atoms with Crippen molar-refractivity contribution in [2.75, 3.05) is 0 Å². The van der Waals surface area contributed by atoms with Gasteiger partial charge in [0.2, 0.25) is 0 Å². The van der Waals surface area contributed by atoms with Crippen LogP contribution in [0.5, 0.6) is 0 Å². The molecule has 1 aliphatic rings. The van der Waals surface area contributed by atoms with E-state index in [1.807, 2.05) is 6.20 Å². The Balaban J connectivity index is 1.73. The first kappa shape index (κ1) is 17.3. The van der Waals surface area contributed by atoms with Crippen LogP contribution in [0, 0.1) is 6.92 Å². The van der Waals surface area contributed by atoms with E-state index in [0.29, 0.717) is 17.8 Å². The number of rotatable bonds is 5. The topological polar surface area (TPSA) is 30.7 Å². The van der Waals surface area contributed by atoms with Gasteiger partial charge in [0.1, 0.15) is 0 Å². The Morgan fingerprint density at radius 2 is 1.92 bits per heavy atom. The van der Waals surface area contributed by atoms with E-state index in [2.05, 4.69) is 63.7 Å². The molecule has 4 rings (SSSR count). The lowest BCUT2D eigenvalue weighted by Crippen LogP contribution is -2.04. The molecule has 0 spiro atoms. The van der Waals surface area contributed by atoms with Crippen molar-refractivity contribution in [3.8, 4) is 0 Å². The Morgan fingerprint density at radius 1 is 1.15 bits per heavy atom. The Labute approximate surface area is 156 Å². The zero-order valence-electron chi connectivity index (χ0n) is 16.6. The fraction of sp³-hybridized carbons (Fsp3) is 0.478. The maximum Gasteiger partial charge on any atom is 0.0736 e. The van der Waals surface area contributed by atoms with Crippen molar-refractivity contribution in [1.82, 2.24) is 14.8 Å². The van der Waals surface area contributed by atoms with Gasteiger partial charge in [-0.3, -0.25) is 9.67 Å².